The van der Waals surface area contributed by atoms with E-state index < -0.39 is 0 Å². The van der Waals surface area contributed by atoms with E-state index >= 15 is 0 Å². The van der Waals surface area contributed by atoms with Gasteiger partial charge in [-0.1, -0.05) is 40.7 Å². The summed E-state index contributed by atoms with van der Waals surface area (Å²) < 4.78 is 0. The molecule has 0 saturated heterocycles. The second kappa shape index (κ2) is 39.7. The summed E-state index contributed by atoms with van der Waals surface area (Å²) in [5.41, 5.74) is 0. The van der Waals surface area contributed by atoms with Gasteiger partial charge in [0.2, 0.25) is 0 Å². The van der Waals surface area contributed by atoms with E-state index in [1.54, 1.807) is 6.21 Å². The molecule has 62 valence electrons. The Kier molecular flexibility index (Phi) is 64.3. The highest BCUT2D eigenvalue weighted by molar-refractivity contribution is 5.53. The maximum Gasteiger partial charge on any atom is 0.0191 e. The van der Waals surface area contributed by atoms with Gasteiger partial charge >= 0.3 is 0 Å². The highest BCUT2D eigenvalue weighted by Crippen LogP contribution is 1.57. The van der Waals surface area contributed by atoms with Crippen LogP contribution in [-0.2, 0) is 0 Å². The highest BCUT2D eigenvalue weighted by Gasteiger charge is 1.40. The number of rotatable bonds is 1. The standard InChI is InChI=1S/C4H7N.C3H8.C2H6/c1-3-5-4-2;1-3-2;1-2/h3-4H,1H2,2H3;3H2,1-2H3;1-2H3. The van der Waals surface area contributed by atoms with E-state index in [9.17, 15) is 0 Å². The smallest absolute Gasteiger partial charge is 0.0191 e. The highest BCUT2D eigenvalue weighted by atomic mass is 14.6. The third-order valence-corrected chi connectivity index (χ3v) is 0.254. The largest absolute Gasteiger partial charge is 0.270 e. The molecule has 0 rings (SSSR count). The Balaban J connectivity index is -0.0000000847. The molecule has 0 N–H and O–H groups in total. The van der Waals surface area contributed by atoms with Gasteiger partial charge in [-0.25, -0.2) is 0 Å². The summed E-state index contributed by atoms with van der Waals surface area (Å²) in [6.45, 7) is 13.5. The first-order chi connectivity index (χ1) is 4.83. The van der Waals surface area contributed by atoms with Crippen molar-refractivity contribution >= 4 is 6.21 Å². The molecule has 0 aromatic carbocycles. The van der Waals surface area contributed by atoms with Crippen molar-refractivity contribution in [2.75, 3.05) is 0 Å². The van der Waals surface area contributed by atoms with E-state index in [1.807, 2.05) is 20.8 Å². The maximum atomic E-state index is 3.61. The van der Waals surface area contributed by atoms with Crippen LogP contribution in [0.3, 0.4) is 0 Å². The van der Waals surface area contributed by atoms with Crippen LogP contribution in [0.15, 0.2) is 17.8 Å². The van der Waals surface area contributed by atoms with Gasteiger partial charge in [0.05, 0.1) is 0 Å². The molecule has 0 radical (unpaired) electrons. The Bertz CT molecular complexity index is 55.7. The molecule has 0 aromatic heterocycles. The van der Waals surface area contributed by atoms with E-state index in [0.717, 1.165) is 0 Å². The van der Waals surface area contributed by atoms with Crippen molar-refractivity contribution in [1.82, 2.24) is 0 Å². The Morgan fingerprint density at radius 1 is 1.30 bits per heavy atom. The van der Waals surface area contributed by atoms with Crippen LogP contribution >= 0.6 is 0 Å². The quantitative estimate of drug-likeness (QED) is 0.497. The maximum absolute atomic E-state index is 3.61. The van der Waals surface area contributed by atoms with Crippen LogP contribution < -0.4 is 0 Å². The Morgan fingerprint density at radius 2 is 1.60 bits per heavy atom. The van der Waals surface area contributed by atoms with Crippen LogP contribution in [0.25, 0.3) is 0 Å². The summed E-state index contributed by atoms with van der Waals surface area (Å²) >= 11 is 0. The Hall–Kier alpha value is -0.590. The van der Waals surface area contributed by atoms with Crippen molar-refractivity contribution < 1.29 is 0 Å². The van der Waals surface area contributed by atoms with Crippen LogP contribution in [0.5, 0.6) is 0 Å². The Morgan fingerprint density at radius 3 is 1.60 bits per heavy atom. The summed E-state index contributed by atoms with van der Waals surface area (Å²) in [4.78, 5) is 3.61. The number of hydrogen-bond donors (Lipinski definition) is 0. The molecule has 1 nitrogen and oxygen atoms in total. The van der Waals surface area contributed by atoms with Crippen molar-refractivity contribution in [3.8, 4) is 0 Å². The van der Waals surface area contributed by atoms with Crippen LogP contribution in [0.2, 0.25) is 0 Å². The SMILES string of the molecule is C=CN=CC.CC.CCC. The molecular weight excluding hydrogens is 122 g/mol. The summed E-state index contributed by atoms with van der Waals surface area (Å²) in [5, 5.41) is 0. The molecule has 0 unspecified atom stereocenters. The van der Waals surface area contributed by atoms with Crippen molar-refractivity contribution in [3.05, 3.63) is 12.8 Å². The summed E-state index contributed by atoms with van der Waals surface area (Å²) in [5.74, 6) is 0. The molecular formula is C9H21N. The zero-order valence-electron chi connectivity index (χ0n) is 8.02. The van der Waals surface area contributed by atoms with E-state index in [0.29, 0.717) is 0 Å². The monoisotopic (exact) mass is 143 g/mol. The minimum Gasteiger partial charge on any atom is -0.270 e. The van der Waals surface area contributed by atoms with Crippen molar-refractivity contribution in [3.63, 3.8) is 0 Å². The molecule has 0 amide bonds. The lowest BCUT2D eigenvalue weighted by Gasteiger charge is -1.58. The average molecular weight is 143 g/mol. The van der Waals surface area contributed by atoms with Gasteiger partial charge in [-0.3, -0.25) is 4.99 Å². The first-order valence-corrected chi connectivity index (χ1v) is 3.92. The van der Waals surface area contributed by atoms with Gasteiger partial charge < -0.3 is 0 Å². The predicted octanol–water partition coefficient (Wildman–Crippen LogP) is 3.66. The van der Waals surface area contributed by atoms with Gasteiger partial charge in [-0.05, 0) is 6.92 Å². The van der Waals surface area contributed by atoms with Gasteiger partial charge in [0.25, 0.3) is 0 Å². The molecule has 10 heavy (non-hydrogen) atoms. The molecule has 0 aliphatic heterocycles. The zero-order valence-corrected chi connectivity index (χ0v) is 8.02. The van der Waals surface area contributed by atoms with Crippen LogP contribution in [0.1, 0.15) is 41.0 Å². The lowest BCUT2D eigenvalue weighted by atomic mass is 10.6. The molecule has 0 saturated carbocycles. The lowest BCUT2D eigenvalue weighted by molar-refractivity contribution is 1.09. The van der Waals surface area contributed by atoms with Gasteiger partial charge in [0.1, 0.15) is 0 Å². The van der Waals surface area contributed by atoms with E-state index in [-0.39, 0.29) is 0 Å². The summed E-state index contributed by atoms with van der Waals surface area (Å²) in [6, 6.07) is 0. The summed E-state index contributed by atoms with van der Waals surface area (Å²) in [6.07, 6.45) is 4.44. The minimum absolute atomic E-state index is 1.25. The summed E-state index contributed by atoms with van der Waals surface area (Å²) in [7, 11) is 0. The Labute approximate surface area is 65.9 Å². The van der Waals surface area contributed by atoms with Crippen LogP contribution in [0, 0.1) is 0 Å². The zero-order chi connectivity index (χ0) is 8.83. The molecule has 0 spiro atoms. The molecule has 0 aliphatic carbocycles. The van der Waals surface area contributed by atoms with E-state index in [1.165, 1.54) is 12.6 Å². The van der Waals surface area contributed by atoms with Gasteiger partial charge in [0.15, 0.2) is 0 Å². The van der Waals surface area contributed by atoms with Crippen LogP contribution in [-0.4, -0.2) is 6.21 Å². The fourth-order valence-electron chi connectivity index (χ4n) is 0.105. The molecule has 0 fully saturated rings. The number of hydrogen-bond acceptors (Lipinski definition) is 1. The third kappa shape index (κ3) is 153. The van der Waals surface area contributed by atoms with Crippen molar-refractivity contribution in [2.24, 2.45) is 4.99 Å². The second-order valence-corrected chi connectivity index (χ2v) is 1.30. The predicted molar refractivity (Wildman–Crippen MR) is 51.7 cm³/mol. The van der Waals surface area contributed by atoms with Gasteiger partial charge in [0, 0.05) is 12.4 Å². The average Bonchev–Trinajstić information content (AvgIpc) is 1.96. The fraction of sp³-hybridized carbons (Fsp3) is 0.667. The van der Waals surface area contributed by atoms with Crippen molar-refractivity contribution in [2.45, 2.75) is 41.0 Å². The number of nitrogens with zero attached hydrogens (tertiary/aromatic N) is 1. The van der Waals surface area contributed by atoms with Gasteiger partial charge in [-0.2, -0.15) is 0 Å². The molecule has 1 heteroatoms. The topological polar surface area (TPSA) is 12.4 Å². The normalized spacial score (nSPS) is 6.90. The first kappa shape index (κ1) is 16.2. The molecule has 0 bridgehead atoms. The van der Waals surface area contributed by atoms with Crippen LogP contribution in [0.4, 0.5) is 0 Å². The molecule has 0 aromatic rings. The second-order valence-electron chi connectivity index (χ2n) is 1.30. The minimum atomic E-state index is 1.25. The van der Waals surface area contributed by atoms with E-state index in [2.05, 4.69) is 25.4 Å². The molecule has 0 heterocycles. The fourth-order valence-corrected chi connectivity index (χ4v) is 0.105. The van der Waals surface area contributed by atoms with Crippen molar-refractivity contribution in [1.29, 1.82) is 0 Å². The molecule has 0 aliphatic rings. The van der Waals surface area contributed by atoms with Gasteiger partial charge in [-0.15, -0.1) is 0 Å². The first-order valence-electron chi connectivity index (χ1n) is 3.92. The third-order valence-electron chi connectivity index (χ3n) is 0.254. The lowest BCUT2D eigenvalue weighted by Crippen LogP contribution is -1.46. The molecule has 0 atom stereocenters. The number of aliphatic imine (C=N–C) groups is 1. The van der Waals surface area contributed by atoms with E-state index in [4.69, 9.17) is 0 Å².